The van der Waals surface area contributed by atoms with Gasteiger partial charge in [0.2, 0.25) is 0 Å². The third-order valence-corrected chi connectivity index (χ3v) is 4.91. The lowest BCUT2D eigenvalue weighted by molar-refractivity contribution is 0.0983. The van der Waals surface area contributed by atoms with Crippen molar-refractivity contribution in [2.24, 2.45) is 0 Å². The number of carbonyl (C=O) groups excluding carboxylic acids is 2. The number of aryl methyl sites for hydroxylation is 2. The van der Waals surface area contributed by atoms with Crippen molar-refractivity contribution in [3.63, 3.8) is 0 Å². The van der Waals surface area contributed by atoms with Gasteiger partial charge in [0.15, 0.2) is 0 Å². The number of nitrogens with zero attached hydrogens (tertiary/aromatic N) is 2. The van der Waals surface area contributed by atoms with Crippen LogP contribution in [-0.2, 0) is 16.0 Å². The summed E-state index contributed by atoms with van der Waals surface area (Å²) < 4.78 is 9.96. The van der Waals surface area contributed by atoms with Gasteiger partial charge in [-0.1, -0.05) is 12.1 Å². The predicted molar refractivity (Wildman–Crippen MR) is 127 cm³/mol. The molecular formula is C24H29N5O4. The fourth-order valence-corrected chi connectivity index (χ4v) is 3.52. The lowest BCUT2D eigenvalue weighted by atomic mass is 9.95. The normalized spacial score (nSPS) is 10.7. The van der Waals surface area contributed by atoms with Crippen LogP contribution in [0.15, 0.2) is 36.5 Å². The van der Waals surface area contributed by atoms with Gasteiger partial charge in [-0.05, 0) is 61.0 Å². The van der Waals surface area contributed by atoms with Crippen LogP contribution in [0.25, 0.3) is 21.9 Å². The number of urea groups is 1. The van der Waals surface area contributed by atoms with Crippen molar-refractivity contribution in [2.45, 2.75) is 27.3 Å². The average Bonchev–Trinajstić information content (AvgIpc) is 2.77. The van der Waals surface area contributed by atoms with E-state index in [1.54, 1.807) is 13.3 Å². The standard InChI is InChI=1S/C24H29N5O4/c1-5-25-23(30)29-22-12-20-19(18-10-15(2)28-16(3)11-18)7-6-17(21(20)14-26-22)13-27-24(31)33-9-8-32-4/h6-7,10-12,14H,5,8-9,13H2,1-4H3,(H,27,31)(H2,25,26,29,30). The number of pyridine rings is 2. The molecule has 3 rings (SSSR count). The van der Waals surface area contributed by atoms with Crippen molar-refractivity contribution in [3.8, 4) is 11.1 Å². The van der Waals surface area contributed by atoms with Gasteiger partial charge in [-0.25, -0.2) is 14.6 Å². The number of nitrogens with one attached hydrogen (secondary N) is 3. The molecule has 3 amide bonds. The minimum atomic E-state index is -0.521. The molecule has 0 aliphatic carbocycles. The fourth-order valence-electron chi connectivity index (χ4n) is 3.52. The average molecular weight is 452 g/mol. The molecule has 0 saturated carbocycles. The van der Waals surface area contributed by atoms with Gasteiger partial charge in [0.1, 0.15) is 12.4 Å². The molecule has 0 bridgehead atoms. The topological polar surface area (TPSA) is 114 Å². The number of ether oxygens (including phenoxy) is 2. The van der Waals surface area contributed by atoms with E-state index in [0.29, 0.717) is 19.0 Å². The smallest absolute Gasteiger partial charge is 0.407 e. The molecule has 2 heterocycles. The molecule has 33 heavy (non-hydrogen) atoms. The van der Waals surface area contributed by atoms with Gasteiger partial charge < -0.3 is 20.1 Å². The molecule has 0 aliphatic heterocycles. The van der Waals surface area contributed by atoms with Crippen molar-refractivity contribution in [2.75, 3.05) is 32.2 Å². The highest BCUT2D eigenvalue weighted by atomic mass is 16.6. The van der Waals surface area contributed by atoms with Crippen molar-refractivity contribution < 1.29 is 19.1 Å². The number of aromatic nitrogens is 2. The highest BCUT2D eigenvalue weighted by molar-refractivity contribution is 6.01. The maximum absolute atomic E-state index is 12.0. The Kier molecular flexibility index (Phi) is 8.15. The number of alkyl carbamates (subject to hydrolysis) is 1. The maximum Gasteiger partial charge on any atom is 0.407 e. The van der Waals surface area contributed by atoms with Crippen LogP contribution in [0.4, 0.5) is 15.4 Å². The van der Waals surface area contributed by atoms with Gasteiger partial charge in [-0.2, -0.15) is 0 Å². The molecule has 1 aromatic carbocycles. The van der Waals surface area contributed by atoms with Crippen molar-refractivity contribution in [1.82, 2.24) is 20.6 Å². The van der Waals surface area contributed by atoms with Crippen LogP contribution < -0.4 is 16.0 Å². The second kappa shape index (κ2) is 11.2. The molecule has 0 unspecified atom stereocenters. The van der Waals surface area contributed by atoms with Crippen LogP contribution in [0, 0.1) is 13.8 Å². The Labute approximate surface area is 192 Å². The van der Waals surface area contributed by atoms with Gasteiger partial charge in [0.05, 0.1) is 6.61 Å². The summed E-state index contributed by atoms with van der Waals surface area (Å²) >= 11 is 0. The zero-order valence-electron chi connectivity index (χ0n) is 19.3. The van der Waals surface area contributed by atoms with Crippen molar-refractivity contribution >= 4 is 28.7 Å². The molecule has 3 N–H and O–H groups in total. The number of hydrogen-bond donors (Lipinski definition) is 3. The lowest BCUT2D eigenvalue weighted by Gasteiger charge is -2.15. The van der Waals surface area contributed by atoms with Gasteiger partial charge >= 0.3 is 12.1 Å². The maximum atomic E-state index is 12.0. The van der Waals surface area contributed by atoms with Crippen LogP contribution in [0.3, 0.4) is 0 Å². The van der Waals surface area contributed by atoms with Crippen LogP contribution in [0.1, 0.15) is 23.9 Å². The number of anilines is 1. The van der Waals surface area contributed by atoms with Crippen LogP contribution in [-0.4, -0.2) is 49.0 Å². The number of methoxy groups -OCH3 is 1. The minimum Gasteiger partial charge on any atom is -0.447 e. The second-order valence-electron chi connectivity index (χ2n) is 7.49. The minimum absolute atomic E-state index is 0.180. The van der Waals surface area contributed by atoms with Gasteiger partial charge in [0.25, 0.3) is 0 Å². The van der Waals surface area contributed by atoms with E-state index >= 15 is 0 Å². The summed E-state index contributed by atoms with van der Waals surface area (Å²) in [6.07, 6.45) is 1.18. The summed E-state index contributed by atoms with van der Waals surface area (Å²) in [4.78, 5) is 32.8. The predicted octanol–water partition coefficient (Wildman–Crippen LogP) is 3.93. The Bertz CT molecular complexity index is 1130. The van der Waals surface area contributed by atoms with E-state index in [0.717, 1.165) is 38.9 Å². The van der Waals surface area contributed by atoms with E-state index < -0.39 is 6.09 Å². The van der Waals surface area contributed by atoms with Crippen LogP contribution in [0.2, 0.25) is 0 Å². The number of rotatable bonds is 8. The number of carbonyl (C=O) groups is 2. The Balaban J connectivity index is 1.98. The summed E-state index contributed by atoms with van der Waals surface area (Å²) in [6.45, 7) is 7.05. The van der Waals surface area contributed by atoms with Crippen LogP contribution in [0.5, 0.6) is 0 Å². The van der Waals surface area contributed by atoms with Crippen molar-refractivity contribution in [1.29, 1.82) is 0 Å². The molecule has 0 spiro atoms. The number of amides is 3. The Morgan fingerprint density at radius 1 is 1.00 bits per heavy atom. The third-order valence-electron chi connectivity index (χ3n) is 4.91. The Morgan fingerprint density at radius 2 is 1.76 bits per heavy atom. The first-order chi connectivity index (χ1) is 15.9. The molecular weight excluding hydrogens is 422 g/mol. The highest BCUT2D eigenvalue weighted by Gasteiger charge is 2.13. The first kappa shape index (κ1) is 23.9. The van der Waals surface area contributed by atoms with Crippen LogP contribution >= 0.6 is 0 Å². The van der Waals surface area contributed by atoms with E-state index in [1.165, 1.54) is 0 Å². The fraction of sp³-hybridized carbons (Fsp3) is 0.333. The molecule has 2 aromatic heterocycles. The zero-order chi connectivity index (χ0) is 23.8. The molecule has 0 atom stereocenters. The molecule has 9 nitrogen and oxygen atoms in total. The van der Waals surface area contributed by atoms with E-state index in [2.05, 4.69) is 25.9 Å². The zero-order valence-corrected chi connectivity index (χ0v) is 19.3. The monoisotopic (exact) mass is 451 g/mol. The van der Waals surface area contributed by atoms with E-state index in [9.17, 15) is 9.59 Å². The summed E-state index contributed by atoms with van der Waals surface area (Å²) in [5, 5.41) is 9.97. The summed E-state index contributed by atoms with van der Waals surface area (Å²) in [7, 11) is 1.54. The SMILES string of the molecule is CCNC(=O)Nc1cc2c(-c3cc(C)nc(C)c3)ccc(CNC(=O)OCCOC)c2cn1. The lowest BCUT2D eigenvalue weighted by Crippen LogP contribution is -2.28. The highest BCUT2D eigenvalue weighted by Crippen LogP contribution is 2.32. The van der Waals surface area contributed by atoms with E-state index in [-0.39, 0.29) is 19.2 Å². The quantitative estimate of drug-likeness (QED) is 0.447. The first-order valence-corrected chi connectivity index (χ1v) is 10.7. The Morgan fingerprint density at radius 3 is 2.45 bits per heavy atom. The molecule has 0 saturated heterocycles. The molecule has 3 aromatic rings. The van der Waals surface area contributed by atoms with Gasteiger partial charge in [-0.3, -0.25) is 10.3 Å². The molecule has 0 radical (unpaired) electrons. The number of fused-ring (bicyclic) bond motifs is 1. The van der Waals surface area contributed by atoms with E-state index in [4.69, 9.17) is 9.47 Å². The first-order valence-electron chi connectivity index (χ1n) is 10.7. The summed E-state index contributed by atoms with van der Waals surface area (Å²) in [5.41, 5.74) is 4.69. The summed E-state index contributed by atoms with van der Waals surface area (Å²) in [6, 6.07) is 9.51. The second-order valence-corrected chi connectivity index (χ2v) is 7.49. The van der Waals surface area contributed by atoms with Crippen molar-refractivity contribution in [3.05, 3.63) is 53.5 Å². The number of benzene rings is 1. The summed E-state index contributed by atoms with van der Waals surface area (Å²) in [5.74, 6) is 0.432. The Hall–Kier alpha value is -3.72. The van der Waals surface area contributed by atoms with E-state index in [1.807, 2.05) is 51.1 Å². The molecule has 9 heteroatoms. The van der Waals surface area contributed by atoms with Gasteiger partial charge in [-0.15, -0.1) is 0 Å². The van der Waals surface area contributed by atoms with Gasteiger partial charge in [0, 0.05) is 43.2 Å². The molecule has 0 aliphatic rings. The molecule has 174 valence electrons. The molecule has 0 fully saturated rings. The largest absolute Gasteiger partial charge is 0.447 e. The third kappa shape index (κ3) is 6.39. The number of hydrogen-bond acceptors (Lipinski definition) is 6.